The van der Waals surface area contributed by atoms with Crippen LogP contribution >= 0.6 is 0 Å². The number of fused-ring (bicyclic) bond motifs is 2. The maximum atomic E-state index is 5.17. The van der Waals surface area contributed by atoms with Gasteiger partial charge in [-0.15, -0.1) is 0 Å². The van der Waals surface area contributed by atoms with Gasteiger partial charge in [0, 0.05) is 47.1 Å². The van der Waals surface area contributed by atoms with Crippen molar-refractivity contribution in [1.82, 2.24) is 24.9 Å². The molecular weight excluding hydrogens is 677 g/mol. The molecule has 0 aliphatic carbocycles. The zero-order valence-electron chi connectivity index (χ0n) is 30.8. The molecule has 0 saturated heterocycles. The zero-order valence-corrected chi connectivity index (χ0v) is 30.8. The van der Waals surface area contributed by atoms with Crippen LogP contribution in [0, 0.1) is 6.92 Å². The van der Waals surface area contributed by atoms with Crippen molar-refractivity contribution in [3.05, 3.63) is 194 Å². The standard InChI is InChI=1S/C47H38N8/c1-33-44(22-19-43(52-33)34-11-5-4-6-12-34)55-45-20-17-35(53(37-13-7-23-48-29-37)38-14-8-24-49-30-38)27-41(45)47(2,3)42-28-36(18-21-46(42)55)54(39-15-9-25-50-31-39)40-16-10-26-51-32-40/h4-32H,1-3H3. The fraction of sp³-hybridized carbons (Fsp3) is 0.0851. The summed E-state index contributed by atoms with van der Waals surface area (Å²) < 4.78 is 0. The van der Waals surface area contributed by atoms with Crippen LogP contribution in [0.1, 0.15) is 30.7 Å². The lowest BCUT2D eigenvalue weighted by molar-refractivity contribution is 0.632. The number of rotatable bonds is 8. The first kappa shape index (κ1) is 33.6. The van der Waals surface area contributed by atoms with Gasteiger partial charge in [0.25, 0.3) is 0 Å². The van der Waals surface area contributed by atoms with Crippen molar-refractivity contribution in [1.29, 1.82) is 0 Å². The lowest BCUT2D eigenvalue weighted by atomic mass is 9.73. The molecule has 1 aliphatic rings. The van der Waals surface area contributed by atoms with Crippen molar-refractivity contribution >= 4 is 51.2 Å². The van der Waals surface area contributed by atoms with E-state index in [0.29, 0.717) is 0 Å². The summed E-state index contributed by atoms with van der Waals surface area (Å²) in [5, 5.41) is 0. The van der Waals surface area contributed by atoms with E-state index in [1.54, 1.807) is 24.8 Å². The molecule has 0 fully saturated rings. The van der Waals surface area contributed by atoms with E-state index in [1.807, 2.05) is 55.1 Å². The molecule has 0 atom stereocenters. The van der Waals surface area contributed by atoms with Crippen LogP contribution in [-0.4, -0.2) is 24.9 Å². The third-order valence-electron chi connectivity index (χ3n) is 10.3. The second-order valence-electron chi connectivity index (χ2n) is 14.0. The van der Waals surface area contributed by atoms with Crippen molar-refractivity contribution in [3.63, 3.8) is 0 Å². The predicted molar refractivity (Wildman–Crippen MR) is 222 cm³/mol. The van der Waals surface area contributed by atoms with E-state index < -0.39 is 5.41 Å². The highest BCUT2D eigenvalue weighted by Gasteiger charge is 2.39. The monoisotopic (exact) mass is 714 g/mol. The van der Waals surface area contributed by atoms with E-state index in [2.05, 4.69) is 152 Å². The van der Waals surface area contributed by atoms with Gasteiger partial charge in [-0.1, -0.05) is 44.2 Å². The topological polar surface area (TPSA) is 74.2 Å². The van der Waals surface area contributed by atoms with Gasteiger partial charge in [-0.2, -0.15) is 0 Å². The molecule has 0 amide bonds. The highest BCUT2D eigenvalue weighted by molar-refractivity contribution is 5.91. The second kappa shape index (κ2) is 14.0. The summed E-state index contributed by atoms with van der Waals surface area (Å²) in [5.74, 6) is 0. The molecule has 0 radical (unpaired) electrons. The summed E-state index contributed by atoms with van der Waals surface area (Å²) in [4.78, 5) is 29.9. The summed E-state index contributed by atoms with van der Waals surface area (Å²) in [5.41, 5.74) is 13.9. The number of hydrogen-bond acceptors (Lipinski definition) is 8. The van der Waals surface area contributed by atoms with Crippen LogP contribution in [0.5, 0.6) is 0 Å². The molecule has 6 heterocycles. The summed E-state index contributed by atoms with van der Waals surface area (Å²) in [6, 6.07) is 44.3. The molecule has 3 aromatic carbocycles. The van der Waals surface area contributed by atoms with Crippen LogP contribution in [0.15, 0.2) is 177 Å². The molecule has 8 aromatic rings. The van der Waals surface area contributed by atoms with Crippen LogP contribution in [0.2, 0.25) is 0 Å². The minimum Gasteiger partial charge on any atom is -0.308 e. The number of aromatic nitrogens is 5. The quantitative estimate of drug-likeness (QED) is 0.154. The predicted octanol–water partition coefficient (Wildman–Crippen LogP) is 11.7. The van der Waals surface area contributed by atoms with Crippen LogP contribution in [0.3, 0.4) is 0 Å². The first-order valence-electron chi connectivity index (χ1n) is 18.3. The van der Waals surface area contributed by atoms with E-state index in [4.69, 9.17) is 4.98 Å². The SMILES string of the molecule is Cc1nc(-c2ccccc2)ccc1N1c2ccc(N(c3cccnc3)c3cccnc3)cc2C(C)(C)c2cc(N(c3cccnc3)c3cccnc3)ccc21. The van der Waals surface area contributed by atoms with E-state index in [9.17, 15) is 0 Å². The molecule has 8 heteroatoms. The number of anilines is 9. The van der Waals surface area contributed by atoms with Gasteiger partial charge in [-0.05, 0) is 115 Å². The Balaban J connectivity index is 1.26. The molecule has 5 aromatic heterocycles. The van der Waals surface area contributed by atoms with Gasteiger partial charge in [0.15, 0.2) is 0 Å². The summed E-state index contributed by atoms with van der Waals surface area (Å²) in [7, 11) is 0. The molecule has 8 nitrogen and oxygen atoms in total. The first-order chi connectivity index (χ1) is 27.0. The average molecular weight is 715 g/mol. The molecular formula is C47H38N8. The van der Waals surface area contributed by atoms with Crippen LogP contribution in [0.25, 0.3) is 11.3 Å². The molecule has 266 valence electrons. The number of pyridine rings is 5. The Morgan fingerprint density at radius 1 is 0.455 bits per heavy atom. The van der Waals surface area contributed by atoms with E-state index in [1.165, 1.54) is 11.1 Å². The Bertz CT molecular complexity index is 2370. The second-order valence-corrected chi connectivity index (χ2v) is 14.0. The Morgan fingerprint density at radius 3 is 1.29 bits per heavy atom. The maximum absolute atomic E-state index is 5.17. The van der Waals surface area contributed by atoms with Gasteiger partial charge >= 0.3 is 0 Å². The summed E-state index contributed by atoms with van der Waals surface area (Å²) in [6.45, 7) is 6.73. The maximum Gasteiger partial charge on any atom is 0.0706 e. The van der Waals surface area contributed by atoms with Crippen molar-refractivity contribution in [2.45, 2.75) is 26.2 Å². The van der Waals surface area contributed by atoms with Gasteiger partial charge in [0.1, 0.15) is 0 Å². The molecule has 0 unspecified atom stereocenters. The smallest absolute Gasteiger partial charge is 0.0706 e. The lowest BCUT2D eigenvalue weighted by Gasteiger charge is -2.43. The van der Waals surface area contributed by atoms with Crippen LogP contribution in [-0.2, 0) is 5.41 Å². The fourth-order valence-electron chi connectivity index (χ4n) is 7.65. The molecule has 0 bridgehead atoms. The lowest BCUT2D eigenvalue weighted by Crippen LogP contribution is -2.31. The Hall–Kier alpha value is -7.19. The minimum atomic E-state index is -0.427. The van der Waals surface area contributed by atoms with Gasteiger partial charge in [-0.3, -0.25) is 24.9 Å². The largest absolute Gasteiger partial charge is 0.308 e. The molecule has 0 N–H and O–H groups in total. The number of aryl methyl sites for hydroxylation is 1. The van der Waals surface area contributed by atoms with Gasteiger partial charge in [0.2, 0.25) is 0 Å². The third-order valence-corrected chi connectivity index (χ3v) is 10.3. The molecule has 0 spiro atoms. The molecule has 1 aliphatic heterocycles. The van der Waals surface area contributed by atoms with Crippen LogP contribution < -0.4 is 14.7 Å². The zero-order chi connectivity index (χ0) is 37.4. The van der Waals surface area contributed by atoms with E-state index >= 15 is 0 Å². The van der Waals surface area contributed by atoms with Crippen molar-refractivity contribution in [2.75, 3.05) is 14.7 Å². The molecule has 0 saturated carbocycles. The number of benzene rings is 3. The highest BCUT2D eigenvalue weighted by Crippen LogP contribution is 2.55. The van der Waals surface area contributed by atoms with Crippen molar-refractivity contribution < 1.29 is 0 Å². The van der Waals surface area contributed by atoms with Gasteiger partial charge in [0.05, 0.1) is 76.0 Å². The summed E-state index contributed by atoms with van der Waals surface area (Å²) >= 11 is 0. The Kier molecular flexibility index (Phi) is 8.55. The highest BCUT2D eigenvalue weighted by atomic mass is 15.2. The van der Waals surface area contributed by atoms with E-state index in [-0.39, 0.29) is 0 Å². The van der Waals surface area contributed by atoms with Crippen LogP contribution in [0.4, 0.5) is 51.2 Å². The number of hydrogen-bond donors (Lipinski definition) is 0. The van der Waals surface area contributed by atoms with Crippen molar-refractivity contribution in [2.24, 2.45) is 0 Å². The van der Waals surface area contributed by atoms with Crippen molar-refractivity contribution in [3.8, 4) is 11.3 Å². The average Bonchev–Trinajstić information content (AvgIpc) is 3.24. The first-order valence-corrected chi connectivity index (χ1v) is 18.3. The fourth-order valence-corrected chi connectivity index (χ4v) is 7.65. The Morgan fingerprint density at radius 2 is 0.891 bits per heavy atom. The molecule has 9 rings (SSSR count). The number of nitrogens with zero attached hydrogens (tertiary/aromatic N) is 8. The van der Waals surface area contributed by atoms with Gasteiger partial charge in [-0.25, -0.2) is 0 Å². The third kappa shape index (κ3) is 6.13. The van der Waals surface area contributed by atoms with Gasteiger partial charge < -0.3 is 14.7 Å². The molecule has 55 heavy (non-hydrogen) atoms. The minimum absolute atomic E-state index is 0.427. The van der Waals surface area contributed by atoms with E-state index in [0.717, 1.165) is 68.1 Å². The normalized spacial score (nSPS) is 12.7. The summed E-state index contributed by atoms with van der Waals surface area (Å²) in [6.07, 6.45) is 14.8. The Labute approximate surface area is 321 Å².